The van der Waals surface area contributed by atoms with Crippen molar-refractivity contribution in [2.24, 2.45) is 11.8 Å². The van der Waals surface area contributed by atoms with Gasteiger partial charge in [-0.15, -0.1) is 0 Å². The molecule has 0 amide bonds. The number of ketones is 1. The molecule has 2 aliphatic carbocycles. The molecular weight excluding hydrogens is 276 g/mol. The van der Waals surface area contributed by atoms with Gasteiger partial charge in [-0.05, 0) is 35.4 Å². The lowest BCUT2D eigenvalue weighted by Crippen LogP contribution is -2.14. The number of fused-ring (bicyclic) bond motifs is 1. The van der Waals surface area contributed by atoms with E-state index in [4.69, 9.17) is 9.47 Å². The molecule has 0 aromatic heterocycles. The first-order valence-corrected chi connectivity index (χ1v) is 7.60. The minimum absolute atomic E-state index is 0.0220. The van der Waals surface area contributed by atoms with Crippen molar-refractivity contribution in [3.8, 4) is 5.75 Å². The molecule has 3 heteroatoms. The SMILES string of the molecule is CC(C)C(=O)COCc1ccc(OC2=CC3=CC3C=C2)cc1. The van der Waals surface area contributed by atoms with Gasteiger partial charge in [-0.1, -0.05) is 38.1 Å². The highest BCUT2D eigenvalue weighted by atomic mass is 16.5. The van der Waals surface area contributed by atoms with Crippen molar-refractivity contribution in [2.75, 3.05) is 6.61 Å². The lowest BCUT2D eigenvalue weighted by molar-refractivity contribution is -0.126. The van der Waals surface area contributed by atoms with Crippen LogP contribution in [0.5, 0.6) is 5.75 Å². The maximum absolute atomic E-state index is 11.5. The Morgan fingerprint density at radius 3 is 2.68 bits per heavy atom. The number of carbonyl (C=O) groups excluding carboxylic acids is 1. The second-order valence-corrected chi connectivity index (χ2v) is 5.96. The third-order valence-electron chi connectivity index (χ3n) is 3.74. The van der Waals surface area contributed by atoms with Crippen LogP contribution in [0.25, 0.3) is 0 Å². The number of benzene rings is 1. The zero-order chi connectivity index (χ0) is 15.5. The van der Waals surface area contributed by atoms with Crippen LogP contribution in [0, 0.1) is 11.8 Å². The Balaban J connectivity index is 1.49. The highest BCUT2D eigenvalue weighted by molar-refractivity contribution is 5.81. The molecule has 2 aliphatic rings. The molecule has 0 saturated carbocycles. The Hall–Kier alpha value is -2.13. The quantitative estimate of drug-likeness (QED) is 0.767. The lowest BCUT2D eigenvalue weighted by Gasteiger charge is -2.10. The van der Waals surface area contributed by atoms with Crippen molar-refractivity contribution in [1.29, 1.82) is 0 Å². The van der Waals surface area contributed by atoms with E-state index in [0.29, 0.717) is 12.5 Å². The fraction of sp³-hybridized carbons (Fsp3) is 0.316. The summed E-state index contributed by atoms with van der Waals surface area (Å²) >= 11 is 0. The topological polar surface area (TPSA) is 35.5 Å². The van der Waals surface area contributed by atoms with E-state index in [1.165, 1.54) is 5.57 Å². The summed E-state index contributed by atoms with van der Waals surface area (Å²) in [6, 6.07) is 7.76. The summed E-state index contributed by atoms with van der Waals surface area (Å²) in [4.78, 5) is 11.5. The molecule has 0 radical (unpaired) electrons. The molecule has 0 heterocycles. The fourth-order valence-corrected chi connectivity index (χ4v) is 2.17. The molecule has 1 aromatic carbocycles. The zero-order valence-electron chi connectivity index (χ0n) is 12.9. The number of rotatable bonds is 7. The minimum Gasteiger partial charge on any atom is -0.457 e. The van der Waals surface area contributed by atoms with Crippen LogP contribution >= 0.6 is 0 Å². The van der Waals surface area contributed by atoms with Crippen LogP contribution in [-0.4, -0.2) is 12.4 Å². The molecule has 114 valence electrons. The normalized spacial score (nSPS) is 18.6. The Morgan fingerprint density at radius 1 is 1.23 bits per heavy atom. The van der Waals surface area contributed by atoms with Crippen molar-refractivity contribution in [2.45, 2.75) is 20.5 Å². The van der Waals surface area contributed by atoms with Gasteiger partial charge in [0.15, 0.2) is 5.78 Å². The van der Waals surface area contributed by atoms with Crippen molar-refractivity contribution in [3.05, 3.63) is 65.5 Å². The number of ether oxygens (including phenoxy) is 2. The average molecular weight is 296 g/mol. The molecule has 3 nitrogen and oxygen atoms in total. The first kappa shape index (κ1) is 14.8. The van der Waals surface area contributed by atoms with E-state index in [2.05, 4.69) is 18.2 Å². The molecule has 0 bridgehead atoms. The molecule has 1 unspecified atom stereocenters. The van der Waals surface area contributed by atoms with Gasteiger partial charge >= 0.3 is 0 Å². The van der Waals surface area contributed by atoms with Crippen LogP contribution in [-0.2, 0) is 16.1 Å². The number of hydrogen-bond acceptors (Lipinski definition) is 3. The highest BCUT2D eigenvalue weighted by Crippen LogP contribution is 2.36. The van der Waals surface area contributed by atoms with Gasteiger partial charge in [-0.3, -0.25) is 4.79 Å². The van der Waals surface area contributed by atoms with E-state index in [9.17, 15) is 4.79 Å². The maximum Gasteiger partial charge on any atom is 0.160 e. The Bertz CT molecular complexity index is 648. The van der Waals surface area contributed by atoms with Crippen molar-refractivity contribution >= 4 is 5.78 Å². The minimum atomic E-state index is 0.0220. The predicted molar refractivity (Wildman–Crippen MR) is 85.4 cm³/mol. The highest BCUT2D eigenvalue weighted by Gasteiger charge is 2.23. The molecule has 1 aromatic rings. The van der Waals surface area contributed by atoms with Gasteiger partial charge in [0.1, 0.15) is 18.1 Å². The molecule has 0 aliphatic heterocycles. The average Bonchev–Trinajstić information content (AvgIpc) is 3.27. The standard InChI is InChI=1S/C19H20O3/c1-13(2)19(20)12-21-11-14-3-6-17(7-4-14)22-18-8-5-15-9-16(15)10-18/h3-10,13,15H,11-12H2,1-2H3. The van der Waals surface area contributed by atoms with E-state index in [0.717, 1.165) is 17.1 Å². The van der Waals surface area contributed by atoms with Gasteiger partial charge in [0, 0.05) is 11.8 Å². The summed E-state index contributed by atoms with van der Waals surface area (Å²) < 4.78 is 11.3. The van der Waals surface area contributed by atoms with Crippen LogP contribution in [0.15, 0.2) is 59.9 Å². The van der Waals surface area contributed by atoms with Crippen LogP contribution in [0.4, 0.5) is 0 Å². The summed E-state index contributed by atoms with van der Waals surface area (Å²) in [5.74, 6) is 2.36. The smallest absolute Gasteiger partial charge is 0.160 e. The van der Waals surface area contributed by atoms with E-state index < -0.39 is 0 Å². The Kier molecular flexibility index (Phi) is 4.25. The van der Waals surface area contributed by atoms with Crippen LogP contribution in [0.3, 0.4) is 0 Å². The molecule has 22 heavy (non-hydrogen) atoms. The summed E-state index contributed by atoms with van der Waals surface area (Å²) in [6.45, 7) is 4.37. The maximum atomic E-state index is 11.5. The summed E-state index contributed by atoms with van der Waals surface area (Å²) in [7, 11) is 0. The first-order valence-electron chi connectivity index (χ1n) is 7.60. The summed E-state index contributed by atoms with van der Waals surface area (Å²) in [5.41, 5.74) is 2.36. The Labute approximate surface area is 130 Å². The predicted octanol–water partition coefficient (Wildman–Crippen LogP) is 3.82. The molecule has 0 fully saturated rings. The Morgan fingerprint density at radius 2 is 2.00 bits per heavy atom. The second-order valence-electron chi connectivity index (χ2n) is 5.96. The second kappa shape index (κ2) is 6.32. The number of Topliss-reactive ketones (excluding diaryl/α,β-unsaturated/α-hetero) is 1. The van der Waals surface area contributed by atoms with Gasteiger partial charge in [0.2, 0.25) is 0 Å². The number of carbonyl (C=O) groups is 1. The molecule has 3 rings (SSSR count). The van der Waals surface area contributed by atoms with Crippen LogP contribution < -0.4 is 4.74 Å². The van der Waals surface area contributed by atoms with Gasteiger partial charge in [0.05, 0.1) is 6.61 Å². The van der Waals surface area contributed by atoms with Gasteiger partial charge in [-0.2, -0.15) is 0 Å². The van der Waals surface area contributed by atoms with Crippen molar-refractivity contribution in [3.63, 3.8) is 0 Å². The van der Waals surface area contributed by atoms with Crippen LogP contribution in [0.2, 0.25) is 0 Å². The van der Waals surface area contributed by atoms with E-state index in [-0.39, 0.29) is 18.3 Å². The monoisotopic (exact) mass is 296 g/mol. The van der Waals surface area contributed by atoms with Gasteiger partial charge < -0.3 is 9.47 Å². The third-order valence-corrected chi connectivity index (χ3v) is 3.74. The molecular formula is C19H20O3. The number of hydrogen-bond donors (Lipinski definition) is 0. The first-order chi connectivity index (χ1) is 10.6. The van der Waals surface area contributed by atoms with Gasteiger partial charge in [-0.25, -0.2) is 0 Å². The van der Waals surface area contributed by atoms with E-state index in [1.54, 1.807) is 0 Å². The summed E-state index contributed by atoms with van der Waals surface area (Å²) in [5, 5.41) is 0. The number of allylic oxidation sites excluding steroid dienone is 5. The van der Waals surface area contributed by atoms with Gasteiger partial charge in [0.25, 0.3) is 0 Å². The van der Waals surface area contributed by atoms with E-state index >= 15 is 0 Å². The third kappa shape index (κ3) is 3.74. The largest absolute Gasteiger partial charge is 0.457 e. The lowest BCUT2D eigenvalue weighted by atomic mass is 10.1. The van der Waals surface area contributed by atoms with Crippen LogP contribution in [0.1, 0.15) is 19.4 Å². The molecule has 0 spiro atoms. The van der Waals surface area contributed by atoms with Crippen molar-refractivity contribution < 1.29 is 14.3 Å². The fourth-order valence-electron chi connectivity index (χ4n) is 2.17. The molecule has 1 atom stereocenters. The summed E-state index contributed by atoms with van der Waals surface area (Å²) in [6.07, 6.45) is 8.41. The molecule has 0 N–H and O–H groups in total. The van der Waals surface area contributed by atoms with Crippen molar-refractivity contribution in [1.82, 2.24) is 0 Å². The van der Waals surface area contributed by atoms with E-state index in [1.807, 2.05) is 44.2 Å². The zero-order valence-corrected chi connectivity index (χ0v) is 12.9. The molecule has 0 saturated heterocycles.